The zero-order chi connectivity index (χ0) is 14.8. The Balaban J connectivity index is 2.16. The van der Waals surface area contributed by atoms with E-state index in [0.29, 0.717) is 25.3 Å². The van der Waals surface area contributed by atoms with Crippen molar-refractivity contribution in [1.82, 2.24) is 4.31 Å². The van der Waals surface area contributed by atoms with Crippen LogP contribution in [0, 0.1) is 5.92 Å². The van der Waals surface area contributed by atoms with Gasteiger partial charge in [-0.25, -0.2) is 8.42 Å². The van der Waals surface area contributed by atoms with Crippen LogP contribution in [0.5, 0.6) is 0 Å². The summed E-state index contributed by atoms with van der Waals surface area (Å²) in [7, 11) is -1.84. The number of sulfonamides is 1. The van der Waals surface area contributed by atoms with E-state index in [-0.39, 0.29) is 16.6 Å². The minimum absolute atomic E-state index is 0.0738. The molecule has 1 unspecified atom stereocenters. The summed E-state index contributed by atoms with van der Waals surface area (Å²) in [5.74, 6) is 0.182. The number of hydrogen-bond acceptors (Lipinski definition) is 4. The third kappa shape index (κ3) is 3.08. The van der Waals surface area contributed by atoms with Crippen LogP contribution in [0.15, 0.2) is 29.2 Å². The quantitative estimate of drug-likeness (QED) is 0.774. The van der Waals surface area contributed by atoms with E-state index in [9.17, 15) is 13.2 Å². The number of carbonyl (C=O) groups excluding carboxylic acids is 1. The van der Waals surface area contributed by atoms with E-state index in [4.69, 9.17) is 4.74 Å². The van der Waals surface area contributed by atoms with Crippen molar-refractivity contribution in [3.8, 4) is 0 Å². The predicted molar refractivity (Wildman–Crippen MR) is 75.2 cm³/mol. The largest absolute Gasteiger partial charge is 0.384 e. The highest BCUT2D eigenvalue weighted by Crippen LogP contribution is 2.24. The van der Waals surface area contributed by atoms with Gasteiger partial charge in [-0.15, -0.1) is 0 Å². The summed E-state index contributed by atoms with van der Waals surface area (Å²) in [6.45, 7) is 3.05. The van der Waals surface area contributed by atoms with Crippen LogP contribution in [-0.2, 0) is 14.8 Å². The van der Waals surface area contributed by atoms with Crippen LogP contribution < -0.4 is 0 Å². The normalized spacial score (nSPS) is 20.2. The molecule has 6 heteroatoms. The van der Waals surface area contributed by atoms with Gasteiger partial charge in [0.25, 0.3) is 0 Å². The van der Waals surface area contributed by atoms with Gasteiger partial charge >= 0.3 is 0 Å². The molecule has 1 saturated heterocycles. The van der Waals surface area contributed by atoms with Crippen molar-refractivity contribution in [3.05, 3.63) is 29.8 Å². The Morgan fingerprint density at radius 2 is 2.00 bits per heavy atom. The van der Waals surface area contributed by atoms with Crippen molar-refractivity contribution >= 4 is 15.8 Å². The molecule has 110 valence electrons. The molecule has 1 fully saturated rings. The zero-order valence-corrected chi connectivity index (χ0v) is 12.5. The SMILES string of the molecule is COCC1CCN(S(=O)(=O)c2ccc(C(C)=O)cc2)C1. The summed E-state index contributed by atoms with van der Waals surface area (Å²) in [4.78, 5) is 11.4. The van der Waals surface area contributed by atoms with Crippen molar-refractivity contribution in [2.45, 2.75) is 18.2 Å². The van der Waals surface area contributed by atoms with E-state index in [1.54, 1.807) is 19.2 Å². The molecule has 0 spiro atoms. The molecule has 1 aromatic carbocycles. The monoisotopic (exact) mass is 297 g/mol. The highest BCUT2D eigenvalue weighted by Gasteiger charge is 2.32. The van der Waals surface area contributed by atoms with Crippen molar-refractivity contribution < 1.29 is 17.9 Å². The van der Waals surface area contributed by atoms with Gasteiger partial charge < -0.3 is 4.74 Å². The van der Waals surface area contributed by atoms with Gasteiger partial charge in [0.2, 0.25) is 10.0 Å². The number of ether oxygens (including phenoxy) is 1. The number of rotatable bonds is 5. The van der Waals surface area contributed by atoms with Crippen LogP contribution in [0.1, 0.15) is 23.7 Å². The third-order valence-electron chi connectivity index (χ3n) is 3.55. The lowest BCUT2D eigenvalue weighted by atomic mass is 10.1. The highest BCUT2D eigenvalue weighted by atomic mass is 32.2. The molecule has 5 nitrogen and oxygen atoms in total. The van der Waals surface area contributed by atoms with Crippen LogP contribution in [0.3, 0.4) is 0 Å². The van der Waals surface area contributed by atoms with Crippen LogP contribution in [0.2, 0.25) is 0 Å². The van der Waals surface area contributed by atoms with E-state index in [0.717, 1.165) is 6.42 Å². The lowest BCUT2D eigenvalue weighted by molar-refractivity contribution is 0.101. The van der Waals surface area contributed by atoms with Crippen LogP contribution >= 0.6 is 0 Å². The summed E-state index contributed by atoms with van der Waals surface area (Å²) in [5.41, 5.74) is 0.516. The van der Waals surface area contributed by atoms with Crippen molar-refractivity contribution in [3.63, 3.8) is 0 Å². The van der Waals surface area contributed by atoms with Crippen molar-refractivity contribution in [1.29, 1.82) is 0 Å². The van der Waals surface area contributed by atoms with Crippen molar-refractivity contribution in [2.24, 2.45) is 5.92 Å². The van der Waals surface area contributed by atoms with Crippen LogP contribution in [0.4, 0.5) is 0 Å². The summed E-state index contributed by atoms with van der Waals surface area (Å²) in [5, 5.41) is 0. The second-order valence-corrected chi connectivity index (χ2v) is 6.99. The summed E-state index contributed by atoms with van der Waals surface area (Å²) < 4.78 is 31.5. The summed E-state index contributed by atoms with van der Waals surface area (Å²) >= 11 is 0. The fourth-order valence-electron chi connectivity index (χ4n) is 2.40. The van der Waals surface area contributed by atoms with E-state index in [2.05, 4.69) is 0 Å². The highest BCUT2D eigenvalue weighted by molar-refractivity contribution is 7.89. The fraction of sp³-hybridized carbons (Fsp3) is 0.500. The molecule has 0 radical (unpaired) electrons. The molecule has 0 amide bonds. The minimum atomic E-state index is -3.47. The number of hydrogen-bond donors (Lipinski definition) is 0. The van der Waals surface area contributed by atoms with Crippen LogP contribution in [0.25, 0.3) is 0 Å². The van der Waals surface area contributed by atoms with Gasteiger partial charge in [-0.05, 0) is 31.4 Å². The van der Waals surface area contributed by atoms with Gasteiger partial charge in [0.15, 0.2) is 5.78 Å². The number of nitrogens with zero attached hydrogens (tertiary/aromatic N) is 1. The van der Waals surface area contributed by atoms with E-state index < -0.39 is 10.0 Å². The number of Topliss-reactive ketones (excluding diaryl/α,β-unsaturated/α-hetero) is 1. The first-order valence-corrected chi connectivity index (χ1v) is 7.99. The average molecular weight is 297 g/mol. The predicted octanol–water partition coefficient (Wildman–Crippen LogP) is 1.55. The van der Waals surface area contributed by atoms with Gasteiger partial charge in [0.05, 0.1) is 11.5 Å². The Bertz CT molecular complexity index is 580. The minimum Gasteiger partial charge on any atom is -0.384 e. The van der Waals surface area contributed by atoms with Gasteiger partial charge in [-0.1, -0.05) is 12.1 Å². The van der Waals surface area contributed by atoms with Gasteiger partial charge in [-0.2, -0.15) is 4.31 Å². The topological polar surface area (TPSA) is 63.7 Å². The van der Waals surface area contributed by atoms with Crippen molar-refractivity contribution in [2.75, 3.05) is 26.8 Å². The maximum atomic E-state index is 12.5. The van der Waals surface area contributed by atoms with E-state index >= 15 is 0 Å². The maximum absolute atomic E-state index is 12.5. The maximum Gasteiger partial charge on any atom is 0.243 e. The van der Waals surface area contributed by atoms with E-state index in [1.165, 1.54) is 23.4 Å². The molecule has 1 aliphatic rings. The molecule has 1 aliphatic heterocycles. The number of carbonyl (C=O) groups is 1. The Hall–Kier alpha value is -1.24. The second-order valence-electron chi connectivity index (χ2n) is 5.05. The lowest BCUT2D eigenvalue weighted by Crippen LogP contribution is -2.29. The first kappa shape index (κ1) is 15.2. The molecule has 1 heterocycles. The summed E-state index contributed by atoms with van der Waals surface area (Å²) in [6.07, 6.45) is 0.818. The molecular formula is C14H19NO4S. The molecule has 1 atom stereocenters. The Labute approximate surface area is 119 Å². The van der Waals surface area contributed by atoms with Gasteiger partial charge in [-0.3, -0.25) is 4.79 Å². The first-order valence-electron chi connectivity index (χ1n) is 6.55. The molecule has 0 saturated carbocycles. The smallest absolute Gasteiger partial charge is 0.243 e. The first-order chi connectivity index (χ1) is 9.45. The van der Waals surface area contributed by atoms with Gasteiger partial charge in [0, 0.05) is 25.8 Å². The zero-order valence-electron chi connectivity index (χ0n) is 11.7. The molecule has 20 heavy (non-hydrogen) atoms. The molecule has 0 aromatic heterocycles. The van der Waals surface area contributed by atoms with Gasteiger partial charge in [0.1, 0.15) is 0 Å². The molecule has 2 rings (SSSR count). The standard InChI is InChI=1S/C14H19NO4S/c1-11(16)13-3-5-14(6-4-13)20(17,18)15-8-7-12(9-15)10-19-2/h3-6,12H,7-10H2,1-2H3. The van der Waals surface area contributed by atoms with E-state index in [1.807, 2.05) is 0 Å². The molecule has 0 bridgehead atoms. The number of methoxy groups -OCH3 is 1. The number of ketones is 1. The third-order valence-corrected chi connectivity index (χ3v) is 5.43. The molecular weight excluding hydrogens is 278 g/mol. The summed E-state index contributed by atoms with van der Waals surface area (Å²) in [6, 6.07) is 6.10. The lowest BCUT2D eigenvalue weighted by Gasteiger charge is -2.16. The Morgan fingerprint density at radius 1 is 1.35 bits per heavy atom. The Morgan fingerprint density at radius 3 is 2.55 bits per heavy atom. The second kappa shape index (κ2) is 6.03. The average Bonchev–Trinajstić information content (AvgIpc) is 2.88. The van der Waals surface area contributed by atoms with Crippen LogP contribution in [-0.4, -0.2) is 45.3 Å². The Kier molecular flexibility index (Phi) is 4.57. The molecule has 0 N–H and O–H groups in total. The number of benzene rings is 1. The fourth-order valence-corrected chi connectivity index (χ4v) is 3.93. The molecule has 1 aromatic rings. The molecule has 0 aliphatic carbocycles.